The summed E-state index contributed by atoms with van der Waals surface area (Å²) in [6, 6.07) is 0.378. The van der Waals surface area contributed by atoms with E-state index < -0.39 is 98.5 Å². The highest BCUT2D eigenvalue weighted by Gasteiger charge is 1.95. The van der Waals surface area contributed by atoms with Crippen molar-refractivity contribution in [2.45, 2.75) is 89.6 Å². The molecule has 0 aromatic heterocycles. The predicted molar refractivity (Wildman–Crippen MR) is 158 cm³/mol. The number of ether oxygens (including phenoxy) is 2. The van der Waals surface area contributed by atoms with Crippen LogP contribution in [0.4, 0.5) is 0 Å². The van der Waals surface area contributed by atoms with Gasteiger partial charge in [-0.2, -0.15) is 0 Å². The maximum atomic E-state index is 9.00. The van der Waals surface area contributed by atoms with Crippen LogP contribution in [-0.2, 0) is 22.2 Å². The van der Waals surface area contributed by atoms with Gasteiger partial charge in [0.2, 0.25) is 0 Å². The van der Waals surface area contributed by atoms with Crippen molar-refractivity contribution in [1.29, 1.82) is 0 Å². The van der Waals surface area contributed by atoms with Gasteiger partial charge in [0.1, 0.15) is 0 Å². The Bertz CT molecular complexity index is 1600. The second kappa shape index (κ2) is 26.9. The summed E-state index contributed by atoms with van der Waals surface area (Å²) in [7, 11) is 0. The number of hydrogen-bond acceptors (Lipinski definition) is 3. The summed E-state index contributed by atoms with van der Waals surface area (Å²) in [6.07, 6.45) is -18.8. The fourth-order valence-electron chi connectivity index (χ4n) is 2.28. The van der Waals surface area contributed by atoms with Crippen LogP contribution in [0.25, 0.3) is 0 Å². The summed E-state index contributed by atoms with van der Waals surface area (Å²) in [4.78, 5) is 0. The van der Waals surface area contributed by atoms with Crippen LogP contribution in [0.2, 0.25) is 0 Å². The molecule has 0 spiro atoms. The van der Waals surface area contributed by atoms with Gasteiger partial charge in [-0.3, -0.25) is 0 Å². The third-order valence-electron chi connectivity index (χ3n) is 4.00. The van der Waals surface area contributed by atoms with Crippen molar-refractivity contribution in [3.63, 3.8) is 0 Å². The molecule has 0 bridgehead atoms. The van der Waals surface area contributed by atoms with E-state index in [0.717, 1.165) is 24.3 Å². The van der Waals surface area contributed by atoms with Crippen LogP contribution in [0.15, 0.2) is 60.5 Å². The first-order chi connectivity index (χ1) is 27.6. The molecule has 0 heterocycles. The molecule has 0 aliphatic heterocycles. The standard InChI is InChI=1S/C16H25BrO.C16H26O2/c2*17-13-7-1-2-8-14-18-15-9-6-12-16-10-4-3-5-11-16/h3-5,10-11H,1-2,6-9,12-15H2;3-5,10-11,17H,1-2,6-9,12-15H2/i2*3D,6D2,9D2,10D,11D,12D2,13D2,15D2. The first-order valence-electron chi connectivity index (χ1n) is 24.4. The van der Waals surface area contributed by atoms with E-state index in [4.69, 9.17) is 50.2 Å². The average molecular weight is 590 g/mol. The number of unbranched alkanes of at least 4 members (excludes halogenated alkanes) is 4. The molecule has 2 aromatic carbocycles. The van der Waals surface area contributed by atoms with Crippen molar-refractivity contribution in [2.75, 3.05) is 38.2 Å². The van der Waals surface area contributed by atoms with E-state index in [1.165, 1.54) is 0 Å². The summed E-state index contributed by atoms with van der Waals surface area (Å²) in [5, 5.41) is 7.48. The van der Waals surface area contributed by atoms with Crippen LogP contribution in [0.1, 0.15) is 124 Å². The van der Waals surface area contributed by atoms with Gasteiger partial charge in [-0.05, 0) is 75.0 Å². The number of hydrogen-bond donors (Lipinski definition) is 1. The van der Waals surface area contributed by atoms with Crippen molar-refractivity contribution in [3.8, 4) is 0 Å². The Kier molecular flexibility index (Phi) is 8.02. The molecule has 0 amide bonds. The molecule has 0 saturated carbocycles. The highest BCUT2D eigenvalue weighted by Crippen LogP contribution is 2.07. The summed E-state index contributed by atoms with van der Waals surface area (Å²) in [5.74, 6) is 0. The zero-order valence-corrected chi connectivity index (χ0v) is 21.6. The Balaban J connectivity index is 0.000000620. The lowest BCUT2D eigenvalue weighted by atomic mass is 10.1. The van der Waals surface area contributed by atoms with Crippen molar-refractivity contribution in [1.82, 2.24) is 0 Å². The lowest BCUT2D eigenvalue weighted by Crippen LogP contribution is -1.98. The fourth-order valence-corrected chi connectivity index (χ4v) is 2.56. The van der Waals surface area contributed by atoms with E-state index in [0.29, 0.717) is 19.3 Å². The Labute approximate surface area is 266 Å². The minimum absolute atomic E-state index is 0.147. The maximum Gasteiger partial charge on any atom is 0.0626 e. The van der Waals surface area contributed by atoms with Crippen molar-refractivity contribution >= 4 is 15.9 Å². The van der Waals surface area contributed by atoms with Gasteiger partial charge in [0, 0.05) is 57.4 Å². The lowest BCUT2D eigenvalue weighted by Gasteiger charge is -2.04. The van der Waals surface area contributed by atoms with Crippen LogP contribution in [0, 0.1) is 0 Å². The van der Waals surface area contributed by atoms with Crippen LogP contribution >= 0.6 is 15.9 Å². The molecule has 0 atom stereocenters. The van der Waals surface area contributed by atoms with Crippen LogP contribution in [0.3, 0.4) is 0 Å². The van der Waals surface area contributed by atoms with E-state index in [2.05, 4.69) is 15.9 Å². The first kappa shape index (κ1) is 10.8. The van der Waals surface area contributed by atoms with E-state index in [1.54, 1.807) is 0 Å². The number of rotatable bonds is 22. The zero-order valence-electron chi connectivity index (χ0n) is 46.0. The minimum Gasteiger partial charge on any atom is -0.396 e. The van der Waals surface area contributed by atoms with E-state index in [1.807, 2.05) is 0 Å². The largest absolute Gasteiger partial charge is 0.396 e. The second-order valence-corrected chi connectivity index (χ2v) is 7.36. The van der Waals surface area contributed by atoms with Crippen LogP contribution in [-0.4, -0.2) is 43.3 Å². The molecule has 204 valence electrons. The summed E-state index contributed by atoms with van der Waals surface area (Å²) in [6.45, 7) is -9.51. The van der Waals surface area contributed by atoms with Crippen LogP contribution in [0.5, 0.6) is 0 Å². The van der Waals surface area contributed by atoms with Crippen molar-refractivity contribution in [2.24, 2.45) is 0 Å². The second-order valence-electron chi connectivity index (χ2n) is 6.80. The van der Waals surface area contributed by atoms with Crippen LogP contribution < -0.4 is 0 Å². The van der Waals surface area contributed by atoms with E-state index in [-0.39, 0.29) is 57.4 Å². The Morgan fingerprint density at radius 2 is 1.08 bits per heavy atom. The Morgan fingerprint density at radius 3 is 1.53 bits per heavy atom. The fraction of sp³-hybridized carbons (Fsp3) is 0.625. The van der Waals surface area contributed by atoms with Gasteiger partial charge >= 0.3 is 0 Å². The van der Waals surface area contributed by atoms with Gasteiger partial charge in [-0.25, -0.2) is 0 Å². The van der Waals surface area contributed by atoms with E-state index in [9.17, 15) is 0 Å². The number of aliphatic hydroxyl groups is 1. The Hall–Kier alpha value is -1.20. The molecule has 0 unspecified atom stereocenters. The summed E-state index contributed by atoms with van der Waals surface area (Å²) >= 11 is 2.86. The molecule has 0 aliphatic rings. The van der Waals surface area contributed by atoms with Gasteiger partial charge in [-0.1, -0.05) is 102 Å². The van der Waals surface area contributed by atoms with Gasteiger partial charge in [0.15, 0.2) is 0 Å². The zero-order chi connectivity index (χ0) is 48.9. The molecule has 0 saturated heterocycles. The highest BCUT2D eigenvalue weighted by atomic mass is 79.9. The summed E-state index contributed by atoms with van der Waals surface area (Å²) in [5.41, 5.74) is -1.58. The number of alkyl halides is 1. The predicted octanol–water partition coefficient (Wildman–Crippen LogP) is 8.56. The minimum atomic E-state index is -3.58. The van der Waals surface area contributed by atoms with Crippen molar-refractivity contribution in [3.05, 3.63) is 71.6 Å². The monoisotopic (exact) mass is 588 g/mol. The first-order valence-corrected chi connectivity index (χ1v) is 12.2. The molecular weight excluding hydrogens is 512 g/mol. The quantitative estimate of drug-likeness (QED) is 0.110. The van der Waals surface area contributed by atoms with Gasteiger partial charge in [0.25, 0.3) is 0 Å². The molecule has 36 heavy (non-hydrogen) atoms. The molecule has 0 radical (unpaired) electrons. The molecule has 1 N–H and O–H groups in total. The molecule has 2 rings (SSSR count). The number of benzene rings is 2. The molecule has 2 aromatic rings. The molecule has 4 heteroatoms. The SMILES string of the molecule is [2H]c1cc([2H])c(C([2H])([2H])C([2H])([2H])C([2H])([2H])C([2H])([2H])OCCCCCC([2H])([2H])Br)c([2H])c1.[2H]c1cc([2H])c(C([2H])([2H])C([2H])([2H])C([2H])([2H])C([2H])([2H])OCCCCCC([2H])([2H])O)c([2H])c1. The third kappa shape index (κ3) is 22.0. The lowest BCUT2D eigenvalue weighted by molar-refractivity contribution is 0.126. The average Bonchev–Trinajstić information content (AvgIpc) is 3.05. The van der Waals surface area contributed by atoms with E-state index >= 15 is 0 Å². The summed E-state index contributed by atoms with van der Waals surface area (Å²) < 4.78 is 214. The highest BCUT2D eigenvalue weighted by molar-refractivity contribution is 9.09. The van der Waals surface area contributed by atoms with Gasteiger partial charge < -0.3 is 14.6 Å². The molecular formula is C32H51BrO3. The van der Waals surface area contributed by atoms with Gasteiger partial charge in [0.05, 0.1) is 16.4 Å². The maximum absolute atomic E-state index is 9.00. The normalized spacial score (nSPS) is 25.3. The Morgan fingerprint density at radius 1 is 0.639 bits per heavy atom. The molecule has 0 fully saturated rings. The number of halogens is 1. The molecule has 3 nitrogen and oxygen atoms in total. The van der Waals surface area contributed by atoms with Gasteiger partial charge in [-0.15, -0.1) is 0 Å². The molecule has 0 aliphatic carbocycles. The van der Waals surface area contributed by atoms with Crippen molar-refractivity contribution < 1.29 is 50.2 Å². The smallest absolute Gasteiger partial charge is 0.0626 e. The topological polar surface area (TPSA) is 38.7 Å². The third-order valence-corrected chi connectivity index (χ3v) is 4.39.